The van der Waals surface area contributed by atoms with Crippen LogP contribution in [0, 0.1) is 0 Å². The second-order valence-corrected chi connectivity index (χ2v) is 9.69. The third-order valence-corrected chi connectivity index (χ3v) is 8.15. The minimum Gasteiger partial charge on any atom is -0.481 e. The molecule has 0 radical (unpaired) electrons. The molecule has 0 aliphatic carbocycles. The Balaban J connectivity index is 1.47. The number of benzene rings is 1. The van der Waals surface area contributed by atoms with E-state index in [-0.39, 0.29) is 5.92 Å². The maximum atomic E-state index is 13.2. The summed E-state index contributed by atoms with van der Waals surface area (Å²) in [5, 5.41) is -0.399. The van der Waals surface area contributed by atoms with Crippen LogP contribution in [0.3, 0.4) is 0 Å². The minimum absolute atomic E-state index is 0.0192. The molecule has 148 valence electrons. The van der Waals surface area contributed by atoms with Crippen molar-refractivity contribution in [1.82, 2.24) is 14.9 Å². The molecule has 3 aromatic rings. The topological polar surface area (TPSA) is 72.4 Å². The van der Waals surface area contributed by atoms with Gasteiger partial charge < -0.3 is 4.74 Å². The molecule has 1 fully saturated rings. The van der Waals surface area contributed by atoms with E-state index in [1.165, 1.54) is 0 Å². The molecule has 0 spiro atoms. The Hall–Kier alpha value is -2.77. The zero-order chi connectivity index (χ0) is 20.0. The molecule has 6 nitrogen and oxygen atoms in total. The summed E-state index contributed by atoms with van der Waals surface area (Å²) in [7, 11) is -1.72. The molecule has 0 bridgehead atoms. The van der Waals surface area contributed by atoms with E-state index in [2.05, 4.69) is 14.9 Å². The maximum Gasteiger partial charge on any atom is 0.217 e. The number of hydrogen-bond acceptors (Lipinski definition) is 6. The molecule has 7 heteroatoms. The summed E-state index contributed by atoms with van der Waals surface area (Å²) in [5.74, 6) is 0.570. The smallest absolute Gasteiger partial charge is 0.217 e. The summed E-state index contributed by atoms with van der Waals surface area (Å²) in [6.07, 6.45) is 5.24. The molecule has 4 heterocycles. The number of nitrogens with zero attached hydrogens (tertiary/aromatic N) is 3. The predicted octanol–water partition coefficient (Wildman–Crippen LogP) is 2.91. The second-order valence-electron chi connectivity index (χ2n) is 7.55. The number of sulfone groups is 1. The van der Waals surface area contributed by atoms with E-state index in [0.29, 0.717) is 30.4 Å². The molecule has 1 saturated heterocycles. The highest BCUT2D eigenvalue weighted by molar-refractivity contribution is 7.92. The molecule has 2 unspecified atom stereocenters. The van der Waals surface area contributed by atoms with Gasteiger partial charge in [0.2, 0.25) is 5.88 Å². The molecule has 29 heavy (non-hydrogen) atoms. The van der Waals surface area contributed by atoms with Gasteiger partial charge in [-0.05, 0) is 41.0 Å². The SMILES string of the molecule is COc1ncccc1CN1CC2c3cc(-c4cccnc4)ccc3S(=O)(=O)C2C1. The highest BCUT2D eigenvalue weighted by Gasteiger charge is 2.50. The Morgan fingerprint density at radius 3 is 2.76 bits per heavy atom. The Morgan fingerprint density at radius 2 is 1.97 bits per heavy atom. The molecule has 5 rings (SSSR count). The van der Waals surface area contributed by atoms with Gasteiger partial charge in [-0.2, -0.15) is 0 Å². The third-order valence-electron chi connectivity index (χ3n) is 5.89. The number of methoxy groups -OCH3 is 1. The van der Waals surface area contributed by atoms with Crippen molar-refractivity contribution in [1.29, 1.82) is 0 Å². The Morgan fingerprint density at radius 1 is 1.10 bits per heavy atom. The first kappa shape index (κ1) is 18.3. The molecule has 0 N–H and O–H groups in total. The zero-order valence-corrected chi connectivity index (χ0v) is 16.8. The Labute approximate surface area is 170 Å². The van der Waals surface area contributed by atoms with Crippen LogP contribution in [0.25, 0.3) is 11.1 Å². The lowest BCUT2D eigenvalue weighted by Crippen LogP contribution is -2.26. The van der Waals surface area contributed by atoms with Crippen LogP contribution in [-0.2, 0) is 16.4 Å². The fraction of sp³-hybridized carbons (Fsp3) is 0.273. The summed E-state index contributed by atoms with van der Waals surface area (Å²) >= 11 is 0. The van der Waals surface area contributed by atoms with E-state index >= 15 is 0 Å². The van der Waals surface area contributed by atoms with Gasteiger partial charge in [0.25, 0.3) is 0 Å². The Bertz CT molecular complexity index is 1160. The van der Waals surface area contributed by atoms with Crippen molar-refractivity contribution < 1.29 is 13.2 Å². The number of rotatable bonds is 4. The van der Waals surface area contributed by atoms with Crippen LogP contribution in [0.5, 0.6) is 5.88 Å². The molecule has 0 saturated carbocycles. The molecule has 2 aliphatic rings. The summed E-state index contributed by atoms with van der Waals surface area (Å²) in [6.45, 7) is 1.84. The normalized spacial score (nSPS) is 22.2. The minimum atomic E-state index is -3.33. The number of hydrogen-bond donors (Lipinski definition) is 0. The number of ether oxygens (including phenoxy) is 1. The van der Waals surface area contributed by atoms with Crippen molar-refractivity contribution in [3.8, 4) is 17.0 Å². The van der Waals surface area contributed by atoms with Crippen LogP contribution in [0.15, 0.2) is 66.0 Å². The van der Waals surface area contributed by atoms with Crippen molar-refractivity contribution >= 4 is 9.84 Å². The summed E-state index contributed by atoms with van der Waals surface area (Å²) in [4.78, 5) is 11.1. The lowest BCUT2D eigenvalue weighted by atomic mass is 9.95. The summed E-state index contributed by atoms with van der Waals surface area (Å²) < 4.78 is 31.7. The first-order valence-corrected chi connectivity index (χ1v) is 11.1. The average molecular weight is 407 g/mol. The van der Waals surface area contributed by atoms with Crippen molar-refractivity contribution in [2.24, 2.45) is 0 Å². The molecule has 2 aliphatic heterocycles. The standard InChI is InChI=1S/C22H21N3O3S/c1-28-22-17(5-3-9-24-22)12-25-13-19-18-10-15(16-4-2-8-23-11-16)6-7-20(18)29(26,27)21(19)14-25/h2-11,19,21H,12-14H2,1H3. The van der Waals surface area contributed by atoms with Crippen LogP contribution >= 0.6 is 0 Å². The van der Waals surface area contributed by atoms with Crippen molar-refractivity contribution in [3.63, 3.8) is 0 Å². The lowest BCUT2D eigenvalue weighted by Gasteiger charge is -2.18. The maximum absolute atomic E-state index is 13.2. The number of fused-ring (bicyclic) bond motifs is 3. The summed E-state index contributed by atoms with van der Waals surface area (Å²) in [6, 6.07) is 13.4. The number of aromatic nitrogens is 2. The van der Waals surface area contributed by atoms with E-state index in [1.807, 2.05) is 36.4 Å². The van der Waals surface area contributed by atoms with Gasteiger partial charge in [-0.1, -0.05) is 18.2 Å². The van der Waals surface area contributed by atoms with E-state index in [0.717, 1.165) is 22.3 Å². The van der Waals surface area contributed by atoms with Gasteiger partial charge in [-0.3, -0.25) is 9.88 Å². The Kier molecular flexibility index (Phi) is 4.37. The first-order chi connectivity index (χ1) is 14.1. The molecule has 2 atom stereocenters. The van der Waals surface area contributed by atoms with Gasteiger partial charge in [0.05, 0.1) is 17.3 Å². The third kappa shape index (κ3) is 3.01. The van der Waals surface area contributed by atoms with E-state index in [4.69, 9.17) is 4.74 Å². The largest absolute Gasteiger partial charge is 0.481 e. The van der Waals surface area contributed by atoms with Gasteiger partial charge in [-0.15, -0.1) is 0 Å². The summed E-state index contributed by atoms with van der Waals surface area (Å²) in [5.41, 5.74) is 3.89. The van der Waals surface area contributed by atoms with Gasteiger partial charge in [0.1, 0.15) is 0 Å². The van der Waals surface area contributed by atoms with Crippen LogP contribution in [-0.4, -0.2) is 48.7 Å². The van der Waals surface area contributed by atoms with Crippen LogP contribution in [0.4, 0.5) is 0 Å². The van der Waals surface area contributed by atoms with Crippen LogP contribution in [0.2, 0.25) is 0 Å². The predicted molar refractivity (Wildman–Crippen MR) is 109 cm³/mol. The van der Waals surface area contributed by atoms with Gasteiger partial charge >= 0.3 is 0 Å². The number of likely N-dealkylation sites (tertiary alicyclic amines) is 1. The highest BCUT2D eigenvalue weighted by atomic mass is 32.2. The lowest BCUT2D eigenvalue weighted by molar-refractivity contribution is 0.313. The molecule has 2 aromatic heterocycles. The van der Waals surface area contributed by atoms with Crippen LogP contribution < -0.4 is 4.74 Å². The fourth-order valence-corrected chi connectivity index (χ4v) is 6.73. The molecular weight excluding hydrogens is 386 g/mol. The van der Waals surface area contributed by atoms with Crippen LogP contribution in [0.1, 0.15) is 17.0 Å². The van der Waals surface area contributed by atoms with Crippen molar-refractivity contribution in [2.75, 3.05) is 20.2 Å². The van der Waals surface area contributed by atoms with Crippen molar-refractivity contribution in [3.05, 3.63) is 72.2 Å². The zero-order valence-electron chi connectivity index (χ0n) is 16.0. The van der Waals surface area contributed by atoms with Crippen molar-refractivity contribution in [2.45, 2.75) is 22.6 Å². The van der Waals surface area contributed by atoms with Gasteiger partial charge in [-0.25, -0.2) is 13.4 Å². The van der Waals surface area contributed by atoms with Gasteiger partial charge in [0, 0.05) is 49.7 Å². The molecule has 1 aromatic carbocycles. The van der Waals surface area contributed by atoms with E-state index < -0.39 is 15.1 Å². The average Bonchev–Trinajstić information content (AvgIpc) is 3.26. The fourth-order valence-electron chi connectivity index (χ4n) is 4.54. The van der Waals surface area contributed by atoms with E-state index in [1.54, 1.807) is 31.8 Å². The first-order valence-electron chi connectivity index (χ1n) is 9.56. The molecular formula is C22H21N3O3S. The number of pyridine rings is 2. The highest BCUT2D eigenvalue weighted by Crippen LogP contribution is 2.46. The van der Waals surface area contributed by atoms with Gasteiger partial charge in [0.15, 0.2) is 9.84 Å². The monoisotopic (exact) mass is 407 g/mol. The van der Waals surface area contributed by atoms with E-state index in [9.17, 15) is 8.42 Å². The molecule has 0 amide bonds. The quantitative estimate of drug-likeness (QED) is 0.662. The second kappa shape index (κ2) is 6.93.